The lowest BCUT2D eigenvalue weighted by atomic mass is 9.97. The Labute approximate surface area is 196 Å². The molecule has 0 bridgehead atoms. The molecule has 2 unspecified atom stereocenters. The molecule has 2 N–H and O–H groups in total. The summed E-state index contributed by atoms with van der Waals surface area (Å²) in [6, 6.07) is 4.19. The van der Waals surface area contributed by atoms with Crippen molar-refractivity contribution in [2.24, 2.45) is 0 Å². The van der Waals surface area contributed by atoms with Crippen LogP contribution in [0.3, 0.4) is 0 Å². The Morgan fingerprint density at radius 1 is 1.03 bits per heavy atom. The minimum atomic E-state index is -1.00. The number of carbonyl (C=O) groups is 4. The molecule has 1 aromatic rings. The fourth-order valence-electron chi connectivity index (χ4n) is 3.10. The van der Waals surface area contributed by atoms with Crippen molar-refractivity contribution in [1.29, 1.82) is 0 Å². The quantitative estimate of drug-likeness (QED) is 0.545. The molecule has 0 aliphatic carbocycles. The average Bonchev–Trinajstić information content (AvgIpc) is 2.74. The van der Waals surface area contributed by atoms with Crippen molar-refractivity contribution >= 4 is 23.9 Å². The van der Waals surface area contributed by atoms with Gasteiger partial charge in [0.15, 0.2) is 0 Å². The second kappa shape index (κ2) is 12.2. The molecule has 33 heavy (non-hydrogen) atoms. The van der Waals surface area contributed by atoms with E-state index in [0.717, 1.165) is 11.1 Å². The van der Waals surface area contributed by atoms with E-state index in [2.05, 4.69) is 15.4 Å². The van der Waals surface area contributed by atoms with Gasteiger partial charge in [0.05, 0.1) is 7.11 Å². The molecule has 0 radical (unpaired) electrons. The highest BCUT2D eigenvalue weighted by atomic mass is 16.6. The molecule has 0 spiro atoms. The third-order valence-electron chi connectivity index (χ3n) is 5.14. The Kier molecular flexibility index (Phi) is 10.3. The van der Waals surface area contributed by atoms with Crippen molar-refractivity contribution < 1.29 is 28.7 Å². The fraction of sp³-hybridized carbons (Fsp3) is 0.583. The van der Waals surface area contributed by atoms with Gasteiger partial charge in [-0.1, -0.05) is 25.1 Å². The number of ether oxygens (including phenoxy) is 2. The van der Waals surface area contributed by atoms with Gasteiger partial charge >= 0.3 is 12.1 Å². The maximum atomic E-state index is 13.3. The number of benzene rings is 1. The summed E-state index contributed by atoms with van der Waals surface area (Å²) in [6.07, 6.45) is -0.151. The van der Waals surface area contributed by atoms with E-state index in [-0.39, 0.29) is 19.1 Å². The number of nitrogens with one attached hydrogen (secondary N) is 2. The predicted octanol–water partition coefficient (Wildman–Crippen LogP) is 2.79. The number of aryl methyl sites for hydroxylation is 2. The van der Waals surface area contributed by atoms with Gasteiger partial charge in [-0.2, -0.15) is 0 Å². The number of hydrogen-bond donors (Lipinski definition) is 2. The smallest absolute Gasteiger partial charge is 0.408 e. The van der Waals surface area contributed by atoms with Crippen LogP contribution in [-0.2, 0) is 23.9 Å². The van der Waals surface area contributed by atoms with Crippen molar-refractivity contribution in [1.82, 2.24) is 15.5 Å². The van der Waals surface area contributed by atoms with Crippen LogP contribution in [0.15, 0.2) is 18.2 Å². The molecule has 0 heterocycles. The Bertz CT molecular complexity index is 862. The summed E-state index contributed by atoms with van der Waals surface area (Å²) in [4.78, 5) is 51.6. The van der Waals surface area contributed by atoms with Gasteiger partial charge in [-0.25, -0.2) is 4.79 Å². The third-order valence-corrected chi connectivity index (χ3v) is 5.14. The third kappa shape index (κ3) is 8.75. The van der Waals surface area contributed by atoms with E-state index >= 15 is 0 Å². The summed E-state index contributed by atoms with van der Waals surface area (Å²) in [5.74, 6) is -1.57. The second-order valence-electron chi connectivity index (χ2n) is 8.95. The molecular weight excluding hydrogens is 426 g/mol. The lowest BCUT2D eigenvalue weighted by Gasteiger charge is -2.36. The summed E-state index contributed by atoms with van der Waals surface area (Å²) < 4.78 is 9.81. The van der Waals surface area contributed by atoms with E-state index in [4.69, 9.17) is 4.74 Å². The Balaban J connectivity index is 3.28. The number of esters is 1. The van der Waals surface area contributed by atoms with Gasteiger partial charge in [0.2, 0.25) is 11.8 Å². The first-order valence-electron chi connectivity index (χ1n) is 11.0. The zero-order chi connectivity index (χ0) is 25.3. The molecule has 1 aromatic carbocycles. The Morgan fingerprint density at radius 3 is 2.18 bits per heavy atom. The van der Waals surface area contributed by atoms with Crippen molar-refractivity contribution in [2.45, 2.75) is 72.6 Å². The summed E-state index contributed by atoms with van der Waals surface area (Å²) >= 11 is 0. The van der Waals surface area contributed by atoms with E-state index in [0.29, 0.717) is 12.0 Å². The SMILES string of the molecule is CCC(C)N(C(=O)CNC(=O)OC(C)(C)C)C(C(=O)NCC(=O)OC)c1ccc(C)c(C)c1. The van der Waals surface area contributed by atoms with Gasteiger partial charge in [0.1, 0.15) is 24.7 Å². The highest BCUT2D eigenvalue weighted by Crippen LogP contribution is 2.27. The molecule has 0 fully saturated rings. The van der Waals surface area contributed by atoms with E-state index < -0.39 is 35.5 Å². The molecule has 1 rings (SSSR count). The van der Waals surface area contributed by atoms with Crippen molar-refractivity contribution in [3.8, 4) is 0 Å². The van der Waals surface area contributed by atoms with Crippen LogP contribution in [0.25, 0.3) is 0 Å². The van der Waals surface area contributed by atoms with Crippen LogP contribution in [0.1, 0.15) is 63.8 Å². The minimum Gasteiger partial charge on any atom is -0.468 e. The van der Waals surface area contributed by atoms with Gasteiger partial charge in [-0.3, -0.25) is 14.4 Å². The lowest BCUT2D eigenvalue weighted by Crippen LogP contribution is -2.51. The van der Waals surface area contributed by atoms with Gasteiger partial charge in [-0.05, 0) is 64.7 Å². The first-order valence-corrected chi connectivity index (χ1v) is 11.0. The first kappa shape index (κ1) is 27.9. The normalized spacial score (nSPS) is 12.8. The molecule has 0 aliphatic heterocycles. The van der Waals surface area contributed by atoms with E-state index in [1.807, 2.05) is 39.8 Å². The van der Waals surface area contributed by atoms with Crippen molar-refractivity contribution in [2.75, 3.05) is 20.2 Å². The molecule has 0 aromatic heterocycles. The minimum absolute atomic E-state index is 0.324. The average molecular weight is 464 g/mol. The van der Waals surface area contributed by atoms with Crippen LogP contribution >= 0.6 is 0 Å². The summed E-state index contributed by atoms with van der Waals surface area (Å²) in [7, 11) is 1.23. The number of alkyl carbamates (subject to hydrolysis) is 1. The summed E-state index contributed by atoms with van der Waals surface area (Å²) in [5, 5.41) is 5.02. The molecule has 9 heteroatoms. The number of amides is 3. The standard InChI is InChI=1S/C24H37N3O6/c1-9-17(4)27(19(28)13-26-23(31)33-24(5,6)7)21(22(30)25-14-20(29)32-8)18-11-10-15(2)16(3)12-18/h10-12,17,21H,9,13-14H2,1-8H3,(H,25,30)(H,26,31). The van der Waals surface area contributed by atoms with Crippen LogP contribution in [-0.4, -0.2) is 60.6 Å². The van der Waals surface area contributed by atoms with Crippen LogP contribution in [0.4, 0.5) is 4.79 Å². The monoisotopic (exact) mass is 463 g/mol. The largest absolute Gasteiger partial charge is 0.468 e. The van der Waals surface area contributed by atoms with E-state index in [1.165, 1.54) is 12.0 Å². The van der Waals surface area contributed by atoms with Crippen LogP contribution in [0, 0.1) is 13.8 Å². The highest BCUT2D eigenvalue weighted by molar-refractivity contribution is 5.92. The highest BCUT2D eigenvalue weighted by Gasteiger charge is 2.34. The topological polar surface area (TPSA) is 114 Å². The van der Waals surface area contributed by atoms with Crippen LogP contribution < -0.4 is 10.6 Å². The first-order chi connectivity index (χ1) is 15.3. The maximum Gasteiger partial charge on any atom is 0.408 e. The maximum absolute atomic E-state index is 13.3. The van der Waals surface area contributed by atoms with Crippen molar-refractivity contribution in [3.05, 3.63) is 34.9 Å². The Hall–Kier alpha value is -3.10. The second-order valence-corrected chi connectivity index (χ2v) is 8.95. The van der Waals surface area contributed by atoms with Gasteiger partial charge in [0, 0.05) is 6.04 Å². The Morgan fingerprint density at radius 2 is 1.67 bits per heavy atom. The summed E-state index contributed by atoms with van der Waals surface area (Å²) in [5.41, 5.74) is 1.90. The van der Waals surface area contributed by atoms with Gasteiger partial charge in [-0.15, -0.1) is 0 Å². The van der Waals surface area contributed by atoms with E-state index in [1.54, 1.807) is 26.8 Å². The molecule has 0 aliphatic rings. The predicted molar refractivity (Wildman–Crippen MR) is 125 cm³/mol. The number of carbonyl (C=O) groups excluding carboxylic acids is 4. The molecule has 9 nitrogen and oxygen atoms in total. The molecule has 2 atom stereocenters. The van der Waals surface area contributed by atoms with Crippen molar-refractivity contribution in [3.63, 3.8) is 0 Å². The summed E-state index contributed by atoms with van der Waals surface area (Å²) in [6.45, 7) is 12.1. The molecule has 0 saturated heterocycles. The zero-order valence-electron chi connectivity index (χ0n) is 20.9. The number of hydrogen-bond acceptors (Lipinski definition) is 6. The van der Waals surface area contributed by atoms with Gasteiger partial charge < -0.3 is 25.0 Å². The van der Waals surface area contributed by atoms with E-state index in [9.17, 15) is 19.2 Å². The van der Waals surface area contributed by atoms with Gasteiger partial charge in [0.25, 0.3) is 0 Å². The molecule has 0 saturated carbocycles. The lowest BCUT2D eigenvalue weighted by molar-refractivity contribution is -0.145. The van der Waals surface area contributed by atoms with Crippen LogP contribution in [0.5, 0.6) is 0 Å². The van der Waals surface area contributed by atoms with Crippen LogP contribution in [0.2, 0.25) is 0 Å². The number of rotatable bonds is 9. The number of nitrogens with zero attached hydrogens (tertiary/aromatic N) is 1. The molecular formula is C24H37N3O6. The zero-order valence-corrected chi connectivity index (χ0v) is 20.9. The molecule has 3 amide bonds. The molecule has 184 valence electrons. The fourth-order valence-corrected chi connectivity index (χ4v) is 3.10. The number of methoxy groups -OCH3 is 1.